The normalized spacial score (nSPS) is 26.6. The third kappa shape index (κ3) is 5.92. The van der Waals surface area contributed by atoms with E-state index in [4.69, 9.17) is 4.74 Å². The van der Waals surface area contributed by atoms with E-state index in [0.29, 0.717) is 32.0 Å². The number of carbonyl (C=O) groups is 1. The van der Waals surface area contributed by atoms with E-state index in [1.165, 1.54) is 5.56 Å². The molecular weight excluding hydrogens is 444 g/mol. The number of rotatable bonds is 7. The average Bonchev–Trinajstić information content (AvgIpc) is 3.17. The van der Waals surface area contributed by atoms with E-state index < -0.39 is 16.6 Å². The summed E-state index contributed by atoms with van der Waals surface area (Å²) in [5.41, 5.74) is 2.48. The van der Waals surface area contributed by atoms with Crippen molar-refractivity contribution in [2.45, 2.75) is 50.2 Å². The first-order chi connectivity index (χ1) is 15.7. The summed E-state index contributed by atoms with van der Waals surface area (Å²) in [4.78, 5) is 13.6. The van der Waals surface area contributed by atoms with Crippen LogP contribution in [0.5, 0.6) is 0 Å². The van der Waals surface area contributed by atoms with Gasteiger partial charge in [-0.2, -0.15) is 5.10 Å². The maximum Gasteiger partial charge on any atom is 0.248 e. The van der Waals surface area contributed by atoms with E-state index in [1.807, 2.05) is 17.9 Å². The number of carbonyl (C=O) groups excluding carboxylic acids is 1. The third-order valence-corrected chi connectivity index (χ3v) is 7.78. The minimum atomic E-state index is -3.36. The van der Waals surface area contributed by atoms with Gasteiger partial charge >= 0.3 is 0 Å². The minimum Gasteiger partial charge on any atom is -0.387 e. The summed E-state index contributed by atoms with van der Waals surface area (Å²) in [6.07, 6.45) is 7.69. The number of hydrogen-bond acceptors (Lipinski definition) is 6. The number of benzene rings is 1. The third-order valence-electron chi connectivity index (χ3n) is 7.05. The van der Waals surface area contributed by atoms with Crippen LogP contribution >= 0.6 is 0 Å². The number of aliphatic hydroxyl groups is 1. The van der Waals surface area contributed by atoms with E-state index in [-0.39, 0.29) is 24.0 Å². The number of ether oxygens (including phenoxy) is 1. The number of hydrogen-bond donors (Lipinski definition) is 2. The zero-order valence-corrected chi connectivity index (χ0v) is 20.1. The summed E-state index contributed by atoms with van der Waals surface area (Å²) < 4.78 is 34.4. The number of aromatic nitrogens is 2. The van der Waals surface area contributed by atoms with Gasteiger partial charge in [0.05, 0.1) is 30.7 Å². The molecule has 0 bridgehead atoms. The standard InChI is InChI=1S/C23H34N4O5S/c1-26-22-8-5-17(11-18(22)12-24-26)16-3-6-20(7-4-16)32-15-19-13-27(23(29)14-28)10-9-21(19)25-33(2,30)31/h5,8,11-12,16,19-21,25,28H,3-4,6-7,9-10,13-15H2,1-2H3/t16?,19-,20?,21-/m0/s1. The van der Waals surface area contributed by atoms with Crippen LogP contribution in [0.25, 0.3) is 10.9 Å². The van der Waals surface area contributed by atoms with Gasteiger partial charge < -0.3 is 14.7 Å². The zero-order valence-electron chi connectivity index (χ0n) is 19.3. The fourth-order valence-corrected chi connectivity index (χ4v) is 6.08. The number of piperidine rings is 1. The van der Waals surface area contributed by atoms with Crippen LogP contribution in [-0.4, -0.2) is 78.8 Å². The average molecular weight is 479 g/mol. The summed E-state index contributed by atoms with van der Waals surface area (Å²) in [5.74, 6) is 0.0278. The van der Waals surface area contributed by atoms with Gasteiger partial charge in [0.1, 0.15) is 6.61 Å². The van der Waals surface area contributed by atoms with Gasteiger partial charge in [-0.1, -0.05) is 6.07 Å². The molecule has 1 amide bonds. The van der Waals surface area contributed by atoms with E-state index in [0.717, 1.165) is 42.8 Å². The van der Waals surface area contributed by atoms with Gasteiger partial charge in [-0.3, -0.25) is 9.48 Å². The van der Waals surface area contributed by atoms with E-state index in [1.54, 1.807) is 4.90 Å². The number of sulfonamides is 1. The van der Waals surface area contributed by atoms with Gasteiger partial charge in [0.2, 0.25) is 15.9 Å². The monoisotopic (exact) mass is 478 g/mol. The predicted octanol–water partition coefficient (Wildman–Crippen LogP) is 1.37. The predicted molar refractivity (Wildman–Crippen MR) is 125 cm³/mol. The molecule has 2 aliphatic rings. The number of aliphatic hydroxyl groups excluding tert-OH is 1. The van der Waals surface area contributed by atoms with E-state index in [2.05, 4.69) is 28.0 Å². The summed E-state index contributed by atoms with van der Waals surface area (Å²) in [7, 11) is -1.41. The smallest absolute Gasteiger partial charge is 0.248 e. The maximum absolute atomic E-state index is 12.0. The van der Waals surface area contributed by atoms with Crippen LogP contribution in [0.3, 0.4) is 0 Å². The van der Waals surface area contributed by atoms with Gasteiger partial charge in [0, 0.05) is 37.5 Å². The van der Waals surface area contributed by atoms with Crippen molar-refractivity contribution in [2.24, 2.45) is 13.0 Å². The van der Waals surface area contributed by atoms with Crippen LogP contribution in [0.15, 0.2) is 24.4 Å². The number of aryl methyl sites for hydroxylation is 1. The Balaban J connectivity index is 1.32. The first-order valence-electron chi connectivity index (χ1n) is 11.6. The van der Waals surface area contributed by atoms with Crippen molar-refractivity contribution in [3.05, 3.63) is 30.0 Å². The molecule has 2 heterocycles. The highest BCUT2D eigenvalue weighted by Crippen LogP contribution is 2.35. The van der Waals surface area contributed by atoms with Crippen molar-refractivity contribution in [3.63, 3.8) is 0 Å². The lowest BCUT2D eigenvalue weighted by Crippen LogP contribution is -2.54. The molecule has 1 saturated heterocycles. The number of fused-ring (bicyclic) bond motifs is 1. The summed E-state index contributed by atoms with van der Waals surface area (Å²) >= 11 is 0. The molecule has 0 spiro atoms. The molecule has 2 fully saturated rings. The van der Waals surface area contributed by atoms with Crippen LogP contribution in [0.1, 0.15) is 43.6 Å². The Labute approximate surface area is 195 Å². The molecule has 1 aromatic carbocycles. The van der Waals surface area contributed by atoms with Gasteiger partial charge in [0.15, 0.2) is 0 Å². The number of nitrogens with one attached hydrogen (secondary N) is 1. The molecule has 182 valence electrons. The van der Waals surface area contributed by atoms with Gasteiger partial charge in [-0.25, -0.2) is 13.1 Å². The molecule has 10 heteroatoms. The highest BCUT2D eigenvalue weighted by Gasteiger charge is 2.34. The second-order valence-electron chi connectivity index (χ2n) is 9.44. The second kappa shape index (κ2) is 10.1. The fraction of sp³-hybridized carbons (Fsp3) is 0.652. The van der Waals surface area contributed by atoms with Crippen molar-refractivity contribution in [1.82, 2.24) is 19.4 Å². The molecule has 2 aromatic rings. The van der Waals surface area contributed by atoms with Crippen molar-refractivity contribution in [1.29, 1.82) is 0 Å². The molecular formula is C23H34N4O5S. The zero-order chi connectivity index (χ0) is 23.6. The fourth-order valence-electron chi connectivity index (χ4n) is 5.22. The summed E-state index contributed by atoms with van der Waals surface area (Å²) in [5, 5.41) is 14.7. The minimum absolute atomic E-state index is 0.131. The Kier molecular flexibility index (Phi) is 7.37. The lowest BCUT2D eigenvalue weighted by Gasteiger charge is -2.39. The number of amides is 1. The van der Waals surface area contributed by atoms with Crippen LogP contribution in [0.2, 0.25) is 0 Å². The first kappa shape index (κ1) is 24.1. The Bertz CT molecular complexity index is 1080. The SMILES string of the molecule is Cn1ncc2cc(C3CCC(OC[C@@H]4CN(C(=O)CO)CC[C@@H]4NS(C)(=O)=O)CC3)ccc21. The molecule has 1 aliphatic heterocycles. The lowest BCUT2D eigenvalue weighted by atomic mass is 9.82. The molecule has 1 aliphatic carbocycles. The van der Waals surface area contributed by atoms with Crippen molar-refractivity contribution in [3.8, 4) is 0 Å². The first-order valence-corrected chi connectivity index (χ1v) is 13.5. The number of likely N-dealkylation sites (tertiary alicyclic amines) is 1. The summed E-state index contributed by atoms with van der Waals surface area (Å²) in [6.45, 7) is 0.661. The maximum atomic E-state index is 12.0. The van der Waals surface area contributed by atoms with Crippen molar-refractivity contribution < 1.29 is 23.1 Å². The molecule has 2 atom stereocenters. The molecule has 2 N–H and O–H groups in total. The molecule has 9 nitrogen and oxygen atoms in total. The molecule has 1 saturated carbocycles. The molecule has 1 aromatic heterocycles. The van der Waals surface area contributed by atoms with E-state index in [9.17, 15) is 18.3 Å². The van der Waals surface area contributed by atoms with Gasteiger partial charge in [0.25, 0.3) is 0 Å². The van der Waals surface area contributed by atoms with Gasteiger partial charge in [-0.15, -0.1) is 0 Å². The molecule has 33 heavy (non-hydrogen) atoms. The van der Waals surface area contributed by atoms with Crippen LogP contribution < -0.4 is 4.72 Å². The number of nitrogens with zero attached hydrogens (tertiary/aromatic N) is 3. The van der Waals surface area contributed by atoms with Gasteiger partial charge in [-0.05, 0) is 55.7 Å². The quantitative estimate of drug-likeness (QED) is 0.622. The summed E-state index contributed by atoms with van der Waals surface area (Å²) in [6, 6.07) is 6.30. The Morgan fingerprint density at radius 2 is 2.00 bits per heavy atom. The van der Waals surface area contributed by atoms with Crippen LogP contribution in [-0.2, 0) is 26.6 Å². The van der Waals surface area contributed by atoms with E-state index >= 15 is 0 Å². The largest absolute Gasteiger partial charge is 0.387 e. The van der Waals surface area contributed by atoms with Crippen LogP contribution in [0.4, 0.5) is 0 Å². The Morgan fingerprint density at radius 3 is 2.70 bits per heavy atom. The molecule has 0 unspecified atom stereocenters. The Morgan fingerprint density at radius 1 is 1.24 bits per heavy atom. The topological polar surface area (TPSA) is 114 Å². The lowest BCUT2D eigenvalue weighted by molar-refractivity contribution is -0.137. The molecule has 4 rings (SSSR count). The van der Waals surface area contributed by atoms with Crippen molar-refractivity contribution >= 4 is 26.8 Å². The highest BCUT2D eigenvalue weighted by atomic mass is 32.2. The molecule has 0 radical (unpaired) electrons. The highest BCUT2D eigenvalue weighted by molar-refractivity contribution is 7.88. The Hall–Kier alpha value is -2.01. The second-order valence-corrected chi connectivity index (χ2v) is 11.2. The van der Waals surface area contributed by atoms with Crippen molar-refractivity contribution in [2.75, 3.05) is 32.6 Å². The van der Waals surface area contributed by atoms with Crippen LogP contribution in [0, 0.1) is 5.92 Å².